The lowest BCUT2D eigenvalue weighted by atomic mass is 9.92. The minimum Gasteiger partial charge on any atom is -0.342 e. The molecule has 3 aliphatic heterocycles. The van der Waals surface area contributed by atoms with Crippen LogP contribution in [-0.4, -0.2) is 76.8 Å². The van der Waals surface area contributed by atoms with Gasteiger partial charge in [-0.1, -0.05) is 0 Å². The average molecular weight is 396 g/mol. The van der Waals surface area contributed by atoms with Crippen LogP contribution in [0.3, 0.4) is 0 Å². The van der Waals surface area contributed by atoms with E-state index >= 15 is 0 Å². The summed E-state index contributed by atoms with van der Waals surface area (Å²) in [6.07, 6.45) is 7.76. The Balaban J connectivity index is 1.30. The highest BCUT2D eigenvalue weighted by atomic mass is 16.2. The van der Waals surface area contributed by atoms with Crippen LogP contribution < -0.4 is 0 Å². The Bertz CT molecular complexity index is 773. The molecule has 0 radical (unpaired) electrons. The van der Waals surface area contributed by atoms with Crippen LogP contribution in [0, 0.1) is 17.2 Å². The molecule has 2 amide bonds. The molecule has 154 valence electrons. The standard InChI is InChI=1S/C22H29N5O2/c23-14-19-6-5-17(15-24-19)21(28)26-12-7-20(8-13-26)27-11-3-4-18(16-27)22(29)25-9-1-2-10-25/h5-6,15,18,20H,1-4,7-13,16H2/t18-/m1/s1. The molecule has 0 aromatic carbocycles. The number of pyridine rings is 1. The molecule has 1 aromatic rings. The summed E-state index contributed by atoms with van der Waals surface area (Å²) < 4.78 is 0. The van der Waals surface area contributed by atoms with Crippen molar-refractivity contribution in [3.8, 4) is 6.07 Å². The molecule has 4 rings (SSSR count). The van der Waals surface area contributed by atoms with E-state index in [2.05, 4.69) is 14.8 Å². The lowest BCUT2D eigenvalue weighted by molar-refractivity contribution is -0.136. The highest BCUT2D eigenvalue weighted by molar-refractivity contribution is 5.94. The molecule has 1 atom stereocenters. The van der Waals surface area contributed by atoms with E-state index in [1.54, 1.807) is 12.1 Å². The number of rotatable bonds is 3. The van der Waals surface area contributed by atoms with Crippen molar-refractivity contribution < 1.29 is 9.59 Å². The molecule has 3 aliphatic rings. The molecular formula is C22H29N5O2. The predicted molar refractivity (Wildman–Crippen MR) is 108 cm³/mol. The fourth-order valence-corrected chi connectivity index (χ4v) is 4.94. The first kappa shape index (κ1) is 19.8. The summed E-state index contributed by atoms with van der Waals surface area (Å²) in [6.45, 7) is 5.24. The van der Waals surface area contributed by atoms with Crippen molar-refractivity contribution in [1.82, 2.24) is 19.7 Å². The molecule has 29 heavy (non-hydrogen) atoms. The number of hydrogen-bond donors (Lipinski definition) is 0. The van der Waals surface area contributed by atoms with E-state index in [-0.39, 0.29) is 11.8 Å². The van der Waals surface area contributed by atoms with Crippen molar-refractivity contribution in [3.63, 3.8) is 0 Å². The normalized spacial score (nSPS) is 23.8. The molecule has 0 unspecified atom stereocenters. The lowest BCUT2D eigenvalue weighted by Crippen LogP contribution is -2.51. The second-order valence-corrected chi connectivity index (χ2v) is 8.43. The van der Waals surface area contributed by atoms with E-state index in [1.807, 2.05) is 11.0 Å². The van der Waals surface area contributed by atoms with Gasteiger partial charge in [0.25, 0.3) is 5.91 Å². The van der Waals surface area contributed by atoms with Crippen molar-refractivity contribution in [3.05, 3.63) is 29.6 Å². The van der Waals surface area contributed by atoms with E-state index in [4.69, 9.17) is 5.26 Å². The Labute approximate surface area is 172 Å². The quantitative estimate of drug-likeness (QED) is 0.781. The van der Waals surface area contributed by atoms with Gasteiger partial charge in [-0.05, 0) is 57.2 Å². The van der Waals surface area contributed by atoms with Gasteiger partial charge in [-0.3, -0.25) is 14.5 Å². The van der Waals surface area contributed by atoms with Gasteiger partial charge in [0.1, 0.15) is 11.8 Å². The SMILES string of the molecule is N#Cc1ccc(C(=O)N2CCC(N3CCC[C@@H](C(=O)N4CCCC4)C3)CC2)cn1. The molecule has 0 bridgehead atoms. The Kier molecular flexibility index (Phi) is 6.10. The van der Waals surface area contributed by atoms with Crippen LogP contribution >= 0.6 is 0 Å². The first-order chi connectivity index (χ1) is 14.2. The van der Waals surface area contributed by atoms with Crippen molar-refractivity contribution in [2.24, 2.45) is 5.92 Å². The number of carbonyl (C=O) groups excluding carboxylic acids is 2. The van der Waals surface area contributed by atoms with Gasteiger partial charge in [0.05, 0.1) is 11.5 Å². The second kappa shape index (κ2) is 8.91. The van der Waals surface area contributed by atoms with Crippen molar-refractivity contribution >= 4 is 11.8 Å². The molecule has 3 fully saturated rings. The van der Waals surface area contributed by atoms with Crippen molar-refractivity contribution in [2.75, 3.05) is 39.3 Å². The molecule has 1 aromatic heterocycles. The fourth-order valence-electron chi connectivity index (χ4n) is 4.94. The number of carbonyl (C=O) groups is 2. The van der Waals surface area contributed by atoms with Crippen LogP contribution in [0.1, 0.15) is 54.6 Å². The summed E-state index contributed by atoms with van der Waals surface area (Å²) in [4.78, 5) is 35.9. The molecule has 4 heterocycles. The van der Waals surface area contributed by atoms with Gasteiger partial charge in [0.2, 0.25) is 5.91 Å². The zero-order chi connectivity index (χ0) is 20.2. The largest absolute Gasteiger partial charge is 0.342 e. The number of nitrogens with zero attached hydrogens (tertiary/aromatic N) is 5. The van der Waals surface area contributed by atoms with Gasteiger partial charge in [-0.2, -0.15) is 5.26 Å². The number of piperidine rings is 2. The molecule has 0 aliphatic carbocycles. The number of likely N-dealkylation sites (tertiary alicyclic amines) is 3. The van der Waals surface area contributed by atoms with Gasteiger partial charge < -0.3 is 9.80 Å². The smallest absolute Gasteiger partial charge is 0.255 e. The summed E-state index contributed by atoms with van der Waals surface area (Å²) in [6, 6.07) is 5.69. The van der Waals surface area contributed by atoms with E-state index < -0.39 is 0 Å². The first-order valence-electron chi connectivity index (χ1n) is 10.8. The molecule has 0 N–H and O–H groups in total. The highest BCUT2D eigenvalue weighted by Gasteiger charge is 2.34. The average Bonchev–Trinajstić information content (AvgIpc) is 3.33. The lowest BCUT2D eigenvalue weighted by Gasteiger charge is -2.42. The Morgan fingerprint density at radius 3 is 2.38 bits per heavy atom. The van der Waals surface area contributed by atoms with Gasteiger partial charge in [0.15, 0.2) is 0 Å². The van der Waals surface area contributed by atoms with Gasteiger partial charge >= 0.3 is 0 Å². The van der Waals surface area contributed by atoms with Gasteiger partial charge in [-0.25, -0.2) is 4.98 Å². The third-order valence-corrected chi connectivity index (χ3v) is 6.61. The fraction of sp³-hybridized carbons (Fsp3) is 0.636. The van der Waals surface area contributed by atoms with Gasteiger partial charge in [-0.15, -0.1) is 0 Å². The number of nitriles is 1. The van der Waals surface area contributed by atoms with Crippen molar-refractivity contribution in [2.45, 2.75) is 44.6 Å². The minimum absolute atomic E-state index is 0.0128. The Hall–Kier alpha value is -2.46. The number of amides is 2. The summed E-state index contributed by atoms with van der Waals surface area (Å²) in [5, 5.41) is 8.85. The van der Waals surface area contributed by atoms with Crippen LogP contribution in [0.25, 0.3) is 0 Å². The zero-order valence-electron chi connectivity index (χ0n) is 16.9. The third kappa shape index (κ3) is 4.43. The molecule has 3 saturated heterocycles. The predicted octanol–water partition coefficient (Wildman–Crippen LogP) is 1.89. The van der Waals surface area contributed by atoms with Crippen molar-refractivity contribution in [1.29, 1.82) is 5.26 Å². The highest BCUT2D eigenvalue weighted by Crippen LogP contribution is 2.26. The Morgan fingerprint density at radius 1 is 0.966 bits per heavy atom. The number of aromatic nitrogens is 1. The molecular weight excluding hydrogens is 366 g/mol. The van der Waals surface area contributed by atoms with E-state index in [1.165, 1.54) is 6.20 Å². The first-order valence-corrected chi connectivity index (χ1v) is 10.8. The maximum absolute atomic E-state index is 12.8. The van der Waals surface area contributed by atoms with E-state index in [9.17, 15) is 9.59 Å². The summed E-state index contributed by atoms with van der Waals surface area (Å²) in [5.74, 6) is 0.487. The van der Waals surface area contributed by atoms with Crippen LogP contribution in [0.5, 0.6) is 0 Å². The second-order valence-electron chi connectivity index (χ2n) is 8.43. The summed E-state index contributed by atoms with van der Waals surface area (Å²) >= 11 is 0. The van der Waals surface area contributed by atoms with E-state index in [0.717, 1.165) is 77.8 Å². The maximum Gasteiger partial charge on any atom is 0.255 e. The molecule has 7 heteroatoms. The van der Waals surface area contributed by atoms with Crippen LogP contribution in [0.4, 0.5) is 0 Å². The van der Waals surface area contributed by atoms with Crippen LogP contribution in [-0.2, 0) is 4.79 Å². The van der Waals surface area contributed by atoms with Crippen LogP contribution in [0.15, 0.2) is 18.3 Å². The molecule has 0 saturated carbocycles. The molecule has 7 nitrogen and oxygen atoms in total. The maximum atomic E-state index is 12.8. The molecule has 0 spiro atoms. The van der Waals surface area contributed by atoms with Gasteiger partial charge in [0, 0.05) is 45.0 Å². The Morgan fingerprint density at radius 2 is 1.72 bits per heavy atom. The summed E-state index contributed by atoms with van der Waals surface area (Å²) in [5.41, 5.74) is 0.861. The monoisotopic (exact) mass is 395 g/mol. The summed E-state index contributed by atoms with van der Waals surface area (Å²) in [7, 11) is 0. The third-order valence-electron chi connectivity index (χ3n) is 6.61. The number of hydrogen-bond acceptors (Lipinski definition) is 5. The van der Waals surface area contributed by atoms with E-state index in [0.29, 0.717) is 23.2 Å². The topological polar surface area (TPSA) is 80.5 Å². The minimum atomic E-state index is -0.0128. The van der Waals surface area contributed by atoms with Crippen LogP contribution in [0.2, 0.25) is 0 Å². The zero-order valence-corrected chi connectivity index (χ0v) is 16.9.